The van der Waals surface area contributed by atoms with Gasteiger partial charge in [-0.15, -0.1) is 0 Å². The topological polar surface area (TPSA) is 6.48 Å². The summed E-state index contributed by atoms with van der Waals surface area (Å²) in [6.45, 7) is 0. The van der Waals surface area contributed by atoms with Gasteiger partial charge in [0.2, 0.25) is 0 Å². The van der Waals surface area contributed by atoms with E-state index in [1.54, 1.807) is 0 Å². The molecule has 54 heavy (non-hydrogen) atoms. The molecule has 0 spiro atoms. The Morgan fingerprint density at radius 3 is 1.33 bits per heavy atom. The highest BCUT2D eigenvalue weighted by Crippen LogP contribution is 2.42. The van der Waals surface area contributed by atoms with Gasteiger partial charge < -0.3 is 9.80 Å². The highest BCUT2D eigenvalue weighted by atomic mass is 15.2. The minimum Gasteiger partial charge on any atom is -0.311 e. The van der Waals surface area contributed by atoms with Crippen molar-refractivity contribution in [1.82, 2.24) is 0 Å². The largest absolute Gasteiger partial charge is 0.311 e. The second kappa shape index (κ2) is 15.1. The predicted octanol–water partition coefficient (Wildman–Crippen LogP) is 14.6. The molecule has 0 amide bonds. The van der Waals surface area contributed by atoms with Gasteiger partial charge in [-0.05, 0) is 107 Å². The number of hydrogen-bond acceptors (Lipinski definition) is 2. The van der Waals surface area contributed by atoms with Crippen LogP contribution < -0.4 is 9.80 Å². The van der Waals surface area contributed by atoms with Crippen molar-refractivity contribution in [3.63, 3.8) is 0 Å². The van der Waals surface area contributed by atoms with Gasteiger partial charge in [-0.1, -0.05) is 152 Å². The predicted molar refractivity (Wildman–Crippen MR) is 230 cm³/mol. The lowest BCUT2D eigenvalue weighted by Gasteiger charge is -2.29. The monoisotopic (exact) mass is 694 g/mol. The fraction of sp³-hybridized carbons (Fsp3) is 0.0769. The summed E-state index contributed by atoms with van der Waals surface area (Å²) in [5, 5.41) is 2.43. The van der Waals surface area contributed by atoms with E-state index in [2.05, 4.69) is 228 Å². The molecule has 0 saturated heterocycles. The zero-order chi connectivity index (χ0) is 36.1. The van der Waals surface area contributed by atoms with Crippen LogP contribution in [0.25, 0.3) is 21.9 Å². The first-order valence-electron chi connectivity index (χ1n) is 19.0. The van der Waals surface area contributed by atoms with E-state index in [1.807, 2.05) is 0 Å². The van der Waals surface area contributed by atoms with Crippen molar-refractivity contribution in [2.24, 2.45) is 0 Å². The second-order valence-electron chi connectivity index (χ2n) is 14.1. The van der Waals surface area contributed by atoms with Crippen molar-refractivity contribution in [2.45, 2.75) is 24.7 Å². The van der Waals surface area contributed by atoms with Crippen LogP contribution in [0.1, 0.15) is 35.8 Å². The van der Waals surface area contributed by atoms with Gasteiger partial charge in [0.15, 0.2) is 0 Å². The van der Waals surface area contributed by atoms with Gasteiger partial charge in [-0.25, -0.2) is 0 Å². The van der Waals surface area contributed by atoms with Crippen LogP contribution in [0, 0.1) is 0 Å². The van der Waals surface area contributed by atoms with Crippen LogP contribution in [0.15, 0.2) is 218 Å². The maximum Gasteiger partial charge on any atom is 0.0540 e. The standard InChI is InChI=1S/C52H42N2/c1-4-13-39(14-5-1)42-23-29-46(30-24-42)53(47-31-25-43(26-32-47)40-15-6-2-7-16-40)48-35-37-50(38-36-48)54(52-22-12-20-45-19-10-11-21-51(45)52)49-33-27-44(28-34-49)41-17-8-3-9-18-41/h1-13,15,17-40H,14,16H2. The Morgan fingerprint density at radius 2 is 0.796 bits per heavy atom. The quantitative estimate of drug-likeness (QED) is 0.148. The van der Waals surface area contributed by atoms with Crippen LogP contribution in [-0.4, -0.2) is 0 Å². The third-order valence-corrected chi connectivity index (χ3v) is 10.7. The van der Waals surface area contributed by atoms with E-state index in [1.165, 1.54) is 33.0 Å². The smallest absolute Gasteiger partial charge is 0.0540 e. The number of fused-ring (bicyclic) bond motifs is 1. The summed E-state index contributed by atoms with van der Waals surface area (Å²) in [5.41, 5.74) is 11.8. The maximum absolute atomic E-state index is 2.38. The van der Waals surface area contributed by atoms with Crippen LogP contribution in [0.2, 0.25) is 0 Å². The number of anilines is 6. The number of rotatable bonds is 9. The summed E-state index contributed by atoms with van der Waals surface area (Å²) >= 11 is 0. The van der Waals surface area contributed by atoms with Gasteiger partial charge >= 0.3 is 0 Å². The van der Waals surface area contributed by atoms with E-state index < -0.39 is 0 Å². The molecule has 2 aliphatic rings. The van der Waals surface area contributed by atoms with Crippen molar-refractivity contribution < 1.29 is 0 Å². The minimum absolute atomic E-state index is 0.412. The lowest BCUT2D eigenvalue weighted by molar-refractivity contribution is 0.853. The summed E-state index contributed by atoms with van der Waals surface area (Å²) < 4.78 is 0. The molecule has 0 bridgehead atoms. The molecule has 0 aromatic heterocycles. The Balaban J connectivity index is 1.11. The lowest BCUT2D eigenvalue weighted by atomic mass is 9.92. The number of allylic oxidation sites excluding steroid dienone is 8. The first-order valence-corrected chi connectivity index (χ1v) is 19.0. The molecule has 2 heteroatoms. The molecule has 0 heterocycles. The van der Waals surface area contributed by atoms with E-state index in [0.29, 0.717) is 11.8 Å². The highest BCUT2D eigenvalue weighted by Gasteiger charge is 2.19. The summed E-state index contributed by atoms with van der Waals surface area (Å²) in [6, 6.07) is 62.0. The first kappa shape index (κ1) is 33.2. The first-order chi connectivity index (χ1) is 26.8. The molecule has 0 fully saturated rings. The SMILES string of the molecule is C1=CCC(c2ccc(N(c3ccc(C4C=CC=CC4)cc3)c3ccc(N(c4ccc(-c5ccccc5)cc4)c4cccc5ccccc45)cc3)cc2)C=C1. The molecule has 2 unspecified atom stereocenters. The van der Waals surface area contributed by atoms with E-state index >= 15 is 0 Å². The number of hydrogen-bond donors (Lipinski definition) is 0. The molecule has 7 aromatic carbocycles. The van der Waals surface area contributed by atoms with Crippen molar-refractivity contribution in [3.05, 3.63) is 230 Å². The fourth-order valence-corrected chi connectivity index (χ4v) is 7.86. The Bertz CT molecular complexity index is 2390. The third kappa shape index (κ3) is 6.83. The van der Waals surface area contributed by atoms with Crippen molar-refractivity contribution >= 4 is 44.9 Å². The van der Waals surface area contributed by atoms with Gasteiger partial charge in [0.05, 0.1) is 5.69 Å². The summed E-state index contributed by atoms with van der Waals surface area (Å²) in [5.74, 6) is 0.825. The van der Waals surface area contributed by atoms with Gasteiger partial charge in [0.25, 0.3) is 0 Å². The van der Waals surface area contributed by atoms with Crippen molar-refractivity contribution in [1.29, 1.82) is 0 Å². The molecular weight excluding hydrogens is 653 g/mol. The summed E-state index contributed by atoms with van der Waals surface area (Å²) in [6.07, 6.45) is 19.8. The molecule has 0 radical (unpaired) electrons. The van der Waals surface area contributed by atoms with Crippen molar-refractivity contribution in [2.75, 3.05) is 9.80 Å². The van der Waals surface area contributed by atoms with Crippen LogP contribution in [0.4, 0.5) is 34.1 Å². The molecule has 260 valence electrons. The normalized spacial score (nSPS) is 16.1. The third-order valence-electron chi connectivity index (χ3n) is 10.7. The molecule has 0 saturated carbocycles. The zero-order valence-corrected chi connectivity index (χ0v) is 30.2. The van der Waals surface area contributed by atoms with E-state index in [0.717, 1.165) is 47.0 Å². The second-order valence-corrected chi connectivity index (χ2v) is 14.1. The molecule has 0 aliphatic heterocycles. The zero-order valence-electron chi connectivity index (χ0n) is 30.2. The Kier molecular flexibility index (Phi) is 9.32. The average Bonchev–Trinajstić information content (AvgIpc) is 3.26. The molecule has 2 nitrogen and oxygen atoms in total. The molecule has 7 aromatic rings. The molecule has 9 rings (SSSR count). The number of nitrogens with zero attached hydrogens (tertiary/aromatic N) is 2. The van der Waals surface area contributed by atoms with E-state index in [9.17, 15) is 0 Å². The molecule has 2 atom stereocenters. The van der Waals surface area contributed by atoms with E-state index in [4.69, 9.17) is 0 Å². The van der Waals surface area contributed by atoms with Crippen LogP contribution >= 0.6 is 0 Å². The highest BCUT2D eigenvalue weighted by molar-refractivity contribution is 5.99. The molecule has 0 N–H and O–H groups in total. The van der Waals surface area contributed by atoms with Crippen LogP contribution in [0.3, 0.4) is 0 Å². The van der Waals surface area contributed by atoms with Gasteiger partial charge in [0, 0.05) is 45.7 Å². The van der Waals surface area contributed by atoms with E-state index in [-0.39, 0.29) is 0 Å². The average molecular weight is 695 g/mol. The number of benzene rings is 7. The molecular formula is C52H42N2. The Labute approximate surface area is 319 Å². The summed E-state index contributed by atoms with van der Waals surface area (Å²) in [4.78, 5) is 4.76. The Hall–Kier alpha value is -6.64. The lowest BCUT2D eigenvalue weighted by Crippen LogP contribution is -2.13. The summed E-state index contributed by atoms with van der Waals surface area (Å²) in [7, 11) is 0. The van der Waals surface area contributed by atoms with Crippen molar-refractivity contribution in [3.8, 4) is 11.1 Å². The Morgan fingerprint density at radius 1 is 0.352 bits per heavy atom. The van der Waals surface area contributed by atoms with Gasteiger partial charge in [-0.2, -0.15) is 0 Å². The van der Waals surface area contributed by atoms with Crippen LogP contribution in [0.5, 0.6) is 0 Å². The van der Waals surface area contributed by atoms with Gasteiger partial charge in [-0.3, -0.25) is 0 Å². The van der Waals surface area contributed by atoms with Crippen LogP contribution in [-0.2, 0) is 0 Å². The fourth-order valence-electron chi connectivity index (χ4n) is 7.86. The van der Waals surface area contributed by atoms with Gasteiger partial charge in [0.1, 0.15) is 0 Å². The maximum atomic E-state index is 2.38. The molecule has 2 aliphatic carbocycles. The minimum atomic E-state index is 0.412.